The molecule has 0 spiro atoms. The van der Waals surface area contributed by atoms with Crippen LogP contribution in [0, 0.1) is 0 Å². The third-order valence-corrected chi connectivity index (χ3v) is 4.09. The second kappa shape index (κ2) is 8.60. The molecule has 1 rings (SSSR count). The van der Waals surface area contributed by atoms with Crippen molar-refractivity contribution >= 4 is 38.8 Å². The minimum Gasteiger partial charge on any atom is -0.389 e. The molecule has 112 valence electrons. The Bertz CT molecular complexity index is 449. The first-order valence-corrected chi connectivity index (χ1v) is 8.15. The van der Waals surface area contributed by atoms with Gasteiger partial charge in [0.25, 0.3) is 0 Å². The highest BCUT2D eigenvalue weighted by molar-refractivity contribution is 9.10. The summed E-state index contributed by atoms with van der Waals surface area (Å²) in [6, 6.07) is 6.53. The van der Waals surface area contributed by atoms with E-state index >= 15 is 0 Å². The van der Waals surface area contributed by atoms with Crippen LogP contribution < -0.4 is 11.1 Å². The van der Waals surface area contributed by atoms with Crippen molar-refractivity contribution in [3.8, 4) is 0 Å². The van der Waals surface area contributed by atoms with Crippen LogP contribution in [-0.4, -0.2) is 36.1 Å². The topological polar surface area (TPSA) is 41.3 Å². The zero-order valence-corrected chi connectivity index (χ0v) is 14.9. The molecule has 0 aliphatic rings. The molecule has 1 aromatic rings. The maximum atomic E-state index is 5.74. The van der Waals surface area contributed by atoms with Gasteiger partial charge in [0.15, 0.2) is 0 Å². The van der Waals surface area contributed by atoms with Gasteiger partial charge in [-0.25, -0.2) is 0 Å². The van der Waals surface area contributed by atoms with Crippen LogP contribution in [0.5, 0.6) is 0 Å². The van der Waals surface area contributed by atoms with Crippen molar-refractivity contribution in [3.05, 3.63) is 28.2 Å². The van der Waals surface area contributed by atoms with E-state index in [9.17, 15) is 0 Å². The van der Waals surface area contributed by atoms with E-state index in [1.165, 1.54) is 6.42 Å². The zero-order chi connectivity index (χ0) is 15.1. The molecule has 0 aliphatic carbocycles. The first kappa shape index (κ1) is 17.4. The van der Waals surface area contributed by atoms with E-state index in [0.717, 1.165) is 35.2 Å². The van der Waals surface area contributed by atoms with Crippen LogP contribution in [-0.2, 0) is 0 Å². The predicted molar refractivity (Wildman–Crippen MR) is 95.5 cm³/mol. The van der Waals surface area contributed by atoms with Crippen molar-refractivity contribution in [2.24, 2.45) is 5.73 Å². The summed E-state index contributed by atoms with van der Waals surface area (Å²) < 4.78 is 1.03. The maximum Gasteiger partial charge on any atom is 0.106 e. The first-order chi connectivity index (χ1) is 9.41. The summed E-state index contributed by atoms with van der Waals surface area (Å²) in [5, 5.41) is 3.42. The Kier molecular flexibility index (Phi) is 7.48. The molecule has 0 fully saturated rings. The smallest absolute Gasteiger partial charge is 0.106 e. The SMILES string of the molecule is CC(C)N(C)CCCCNc1cc(Br)ccc1C(N)=S. The van der Waals surface area contributed by atoms with Gasteiger partial charge in [-0.2, -0.15) is 0 Å². The third-order valence-electron chi connectivity index (χ3n) is 3.38. The van der Waals surface area contributed by atoms with Gasteiger partial charge in [-0.15, -0.1) is 0 Å². The van der Waals surface area contributed by atoms with Gasteiger partial charge in [0.05, 0.1) is 0 Å². The molecular formula is C15H24BrN3S. The molecular weight excluding hydrogens is 334 g/mol. The lowest BCUT2D eigenvalue weighted by Crippen LogP contribution is -2.27. The maximum absolute atomic E-state index is 5.74. The Morgan fingerprint density at radius 2 is 2.10 bits per heavy atom. The van der Waals surface area contributed by atoms with Crippen molar-refractivity contribution in [3.63, 3.8) is 0 Å². The number of halogens is 1. The van der Waals surface area contributed by atoms with Crippen LogP contribution in [0.4, 0.5) is 5.69 Å². The Balaban J connectivity index is 2.42. The molecule has 3 nitrogen and oxygen atoms in total. The summed E-state index contributed by atoms with van der Waals surface area (Å²) in [7, 11) is 2.16. The number of hydrogen-bond donors (Lipinski definition) is 2. The van der Waals surface area contributed by atoms with Gasteiger partial charge in [0.2, 0.25) is 0 Å². The van der Waals surface area contributed by atoms with E-state index in [4.69, 9.17) is 18.0 Å². The number of anilines is 1. The Hall–Kier alpha value is -0.650. The molecule has 1 aromatic carbocycles. The standard InChI is InChI=1S/C15H24BrN3S/c1-11(2)19(3)9-5-4-8-18-14-10-12(16)6-7-13(14)15(17)20/h6-7,10-11,18H,4-5,8-9H2,1-3H3,(H2,17,20). The highest BCUT2D eigenvalue weighted by Gasteiger charge is 2.06. The van der Waals surface area contributed by atoms with E-state index in [1.807, 2.05) is 18.2 Å². The van der Waals surface area contributed by atoms with E-state index in [1.54, 1.807) is 0 Å². The summed E-state index contributed by atoms with van der Waals surface area (Å²) >= 11 is 8.55. The van der Waals surface area contributed by atoms with Crippen molar-refractivity contribution in [2.45, 2.75) is 32.7 Å². The fraction of sp³-hybridized carbons (Fsp3) is 0.533. The number of nitrogens with two attached hydrogens (primary N) is 1. The average molecular weight is 358 g/mol. The number of rotatable bonds is 8. The number of unbranched alkanes of at least 4 members (excludes halogenated alkanes) is 1. The number of nitrogens with zero attached hydrogens (tertiary/aromatic N) is 1. The quantitative estimate of drug-likeness (QED) is 0.550. The second-order valence-corrected chi connectivity index (χ2v) is 6.62. The Morgan fingerprint density at radius 1 is 1.40 bits per heavy atom. The molecule has 0 bridgehead atoms. The molecule has 0 aromatic heterocycles. The average Bonchev–Trinajstić information content (AvgIpc) is 2.37. The van der Waals surface area contributed by atoms with E-state index in [-0.39, 0.29) is 0 Å². The fourth-order valence-electron chi connectivity index (χ4n) is 1.85. The lowest BCUT2D eigenvalue weighted by molar-refractivity contribution is 0.269. The molecule has 3 N–H and O–H groups in total. The first-order valence-electron chi connectivity index (χ1n) is 6.95. The van der Waals surface area contributed by atoms with Crippen molar-refractivity contribution in [1.29, 1.82) is 0 Å². The van der Waals surface area contributed by atoms with Crippen LogP contribution in [0.1, 0.15) is 32.3 Å². The largest absolute Gasteiger partial charge is 0.389 e. The van der Waals surface area contributed by atoms with Gasteiger partial charge in [-0.3, -0.25) is 0 Å². The number of hydrogen-bond acceptors (Lipinski definition) is 3. The molecule has 0 atom stereocenters. The minimum atomic E-state index is 0.430. The molecule has 0 radical (unpaired) electrons. The third kappa shape index (κ3) is 5.77. The van der Waals surface area contributed by atoms with Gasteiger partial charge >= 0.3 is 0 Å². The summed E-state index contributed by atoms with van der Waals surface area (Å²) in [5.74, 6) is 0. The van der Waals surface area contributed by atoms with Crippen LogP contribution in [0.3, 0.4) is 0 Å². The Morgan fingerprint density at radius 3 is 2.70 bits per heavy atom. The van der Waals surface area contributed by atoms with Gasteiger partial charge in [0.1, 0.15) is 4.99 Å². The van der Waals surface area contributed by atoms with Crippen LogP contribution in [0.15, 0.2) is 22.7 Å². The molecule has 20 heavy (non-hydrogen) atoms. The fourth-order valence-corrected chi connectivity index (χ4v) is 2.38. The van der Waals surface area contributed by atoms with Gasteiger partial charge in [-0.05, 0) is 58.5 Å². The van der Waals surface area contributed by atoms with Crippen LogP contribution in [0.2, 0.25) is 0 Å². The zero-order valence-electron chi connectivity index (χ0n) is 12.4. The molecule has 0 amide bonds. The second-order valence-electron chi connectivity index (χ2n) is 5.26. The lowest BCUT2D eigenvalue weighted by atomic mass is 10.1. The molecule has 0 saturated carbocycles. The minimum absolute atomic E-state index is 0.430. The normalized spacial score (nSPS) is 11.1. The highest BCUT2D eigenvalue weighted by atomic mass is 79.9. The highest BCUT2D eigenvalue weighted by Crippen LogP contribution is 2.21. The van der Waals surface area contributed by atoms with Crippen LogP contribution >= 0.6 is 28.1 Å². The monoisotopic (exact) mass is 357 g/mol. The predicted octanol–water partition coefficient (Wildman–Crippen LogP) is 3.62. The van der Waals surface area contributed by atoms with Gasteiger partial charge in [0, 0.05) is 28.3 Å². The number of benzene rings is 1. The van der Waals surface area contributed by atoms with Crippen LogP contribution in [0.25, 0.3) is 0 Å². The van der Waals surface area contributed by atoms with E-state index < -0.39 is 0 Å². The van der Waals surface area contributed by atoms with Gasteiger partial charge in [-0.1, -0.05) is 28.1 Å². The Labute approximate surface area is 136 Å². The molecule has 0 heterocycles. The molecule has 5 heteroatoms. The molecule has 0 aliphatic heterocycles. The molecule has 0 unspecified atom stereocenters. The van der Waals surface area contributed by atoms with E-state index in [2.05, 4.69) is 47.0 Å². The van der Waals surface area contributed by atoms with Crippen molar-refractivity contribution in [1.82, 2.24) is 4.90 Å². The number of thiocarbonyl (C=S) groups is 1. The van der Waals surface area contributed by atoms with Crippen molar-refractivity contribution in [2.75, 3.05) is 25.5 Å². The summed E-state index contributed by atoms with van der Waals surface area (Å²) in [6.07, 6.45) is 2.30. The lowest BCUT2D eigenvalue weighted by Gasteiger charge is -2.20. The van der Waals surface area contributed by atoms with Gasteiger partial charge < -0.3 is 16.0 Å². The van der Waals surface area contributed by atoms with Crippen molar-refractivity contribution < 1.29 is 0 Å². The van der Waals surface area contributed by atoms with E-state index in [0.29, 0.717) is 11.0 Å². The summed E-state index contributed by atoms with van der Waals surface area (Å²) in [4.78, 5) is 2.79. The summed E-state index contributed by atoms with van der Waals surface area (Å²) in [5.41, 5.74) is 7.65. The number of nitrogens with one attached hydrogen (secondary N) is 1. The summed E-state index contributed by atoms with van der Waals surface area (Å²) in [6.45, 7) is 6.49. The molecule has 0 saturated heterocycles.